The van der Waals surface area contributed by atoms with E-state index in [9.17, 15) is 9.59 Å². The minimum atomic E-state index is -0.0734. The van der Waals surface area contributed by atoms with E-state index in [2.05, 4.69) is 49.2 Å². The van der Waals surface area contributed by atoms with Crippen molar-refractivity contribution in [2.75, 3.05) is 43.9 Å². The number of anilines is 4. The Hall–Kier alpha value is -5.16. The minimum Gasteiger partial charge on any atom is -0.481 e. The minimum absolute atomic E-state index is 0.0417. The number of nitrogens with one attached hydrogen (secondary N) is 2. The van der Waals surface area contributed by atoms with Gasteiger partial charge in [0.1, 0.15) is 11.5 Å². The van der Waals surface area contributed by atoms with Crippen molar-refractivity contribution in [3.63, 3.8) is 0 Å². The van der Waals surface area contributed by atoms with E-state index in [1.165, 1.54) is 6.08 Å². The van der Waals surface area contributed by atoms with Gasteiger partial charge in [0.25, 0.3) is 5.91 Å². The van der Waals surface area contributed by atoms with Crippen molar-refractivity contribution in [1.29, 1.82) is 0 Å². The number of hydrogen-bond donors (Lipinski definition) is 2. The molecule has 0 unspecified atom stereocenters. The number of hydrogen-bond acceptors (Lipinski definition) is 10. The fourth-order valence-corrected chi connectivity index (χ4v) is 4.92. The SMILES string of the molecule is C=CC(=O)Cc1cc(CN2CCN(C(=O)c3ccccn3)CC2)ccc1Nc1nc(Nc2cc(OC)ncc2C)ncc1C. The molecule has 4 heterocycles. The summed E-state index contributed by atoms with van der Waals surface area (Å²) >= 11 is 0. The van der Waals surface area contributed by atoms with Crippen LogP contribution < -0.4 is 15.4 Å². The number of allylic oxidation sites excluding steroid dienone is 1. The molecule has 4 aromatic rings. The Labute approximate surface area is 257 Å². The lowest BCUT2D eigenvalue weighted by atomic mass is 10.0. The van der Waals surface area contributed by atoms with Crippen molar-refractivity contribution in [3.8, 4) is 5.88 Å². The normalized spacial score (nSPS) is 13.3. The van der Waals surface area contributed by atoms with Crippen molar-refractivity contribution in [3.05, 3.63) is 102 Å². The summed E-state index contributed by atoms with van der Waals surface area (Å²) in [6.07, 6.45) is 6.65. The molecule has 11 heteroatoms. The van der Waals surface area contributed by atoms with Crippen LogP contribution in [-0.4, -0.2) is 74.7 Å². The quantitative estimate of drug-likeness (QED) is 0.238. The molecule has 1 aliphatic rings. The van der Waals surface area contributed by atoms with Crippen molar-refractivity contribution in [2.24, 2.45) is 0 Å². The highest BCUT2D eigenvalue weighted by Gasteiger charge is 2.23. The molecule has 1 fully saturated rings. The van der Waals surface area contributed by atoms with Crippen molar-refractivity contribution in [1.82, 2.24) is 29.7 Å². The number of carbonyl (C=O) groups excluding carboxylic acids is 2. The Kier molecular flexibility index (Phi) is 9.56. The number of nitrogens with zero attached hydrogens (tertiary/aromatic N) is 6. The Morgan fingerprint density at radius 1 is 0.955 bits per heavy atom. The zero-order valence-electron chi connectivity index (χ0n) is 25.2. The second kappa shape index (κ2) is 13.9. The second-order valence-corrected chi connectivity index (χ2v) is 10.6. The molecule has 0 atom stereocenters. The Balaban J connectivity index is 1.30. The van der Waals surface area contributed by atoms with Crippen LogP contribution >= 0.6 is 0 Å². The number of piperazine rings is 1. The number of benzene rings is 1. The number of ketones is 1. The summed E-state index contributed by atoms with van der Waals surface area (Å²) in [5, 5.41) is 6.67. The summed E-state index contributed by atoms with van der Waals surface area (Å²) in [6.45, 7) is 11.0. The number of amides is 1. The summed E-state index contributed by atoms with van der Waals surface area (Å²) < 4.78 is 5.25. The highest BCUT2D eigenvalue weighted by molar-refractivity contribution is 5.92. The molecule has 0 saturated carbocycles. The predicted molar refractivity (Wildman–Crippen MR) is 170 cm³/mol. The van der Waals surface area contributed by atoms with E-state index < -0.39 is 0 Å². The molecular formula is C33H36N8O3. The van der Waals surface area contributed by atoms with Crippen LogP contribution in [0.2, 0.25) is 0 Å². The van der Waals surface area contributed by atoms with Crippen LogP contribution in [0.1, 0.15) is 32.7 Å². The molecule has 44 heavy (non-hydrogen) atoms. The number of aromatic nitrogens is 4. The van der Waals surface area contributed by atoms with E-state index in [4.69, 9.17) is 9.72 Å². The topological polar surface area (TPSA) is 125 Å². The van der Waals surface area contributed by atoms with Crippen LogP contribution in [0.25, 0.3) is 0 Å². The van der Waals surface area contributed by atoms with Crippen LogP contribution in [0.5, 0.6) is 5.88 Å². The maximum Gasteiger partial charge on any atom is 0.272 e. The zero-order valence-corrected chi connectivity index (χ0v) is 25.2. The van der Waals surface area contributed by atoms with Gasteiger partial charge < -0.3 is 20.3 Å². The first kappa shape index (κ1) is 30.3. The summed E-state index contributed by atoms with van der Waals surface area (Å²) in [6, 6.07) is 13.3. The molecule has 3 aromatic heterocycles. The van der Waals surface area contributed by atoms with Gasteiger partial charge in [-0.05, 0) is 54.8 Å². The van der Waals surface area contributed by atoms with Gasteiger partial charge in [-0.2, -0.15) is 4.98 Å². The summed E-state index contributed by atoms with van der Waals surface area (Å²) in [7, 11) is 1.57. The zero-order chi connectivity index (χ0) is 31.1. The lowest BCUT2D eigenvalue weighted by Gasteiger charge is -2.34. The molecule has 0 radical (unpaired) electrons. The van der Waals surface area contributed by atoms with Crippen LogP contribution in [-0.2, 0) is 17.8 Å². The number of ether oxygens (including phenoxy) is 1. The molecule has 5 rings (SSSR count). The molecule has 1 amide bonds. The average Bonchev–Trinajstić information content (AvgIpc) is 3.05. The molecule has 1 aromatic carbocycles. The number of carbonyl (C=O) groups is 2. The van der Waals surface area contributed by atoms with Gasteiger partial charge in [-0.25, -0.2) is 9.97 Å². The molecule has 0 bridgehead atoms. The van der Waals surface area contributed by atoms with Gasteiger partial charge in [0.2, 0.25) is 11.8 Å². The number of rotatable bonds is 11. The number of aryl methyl sites for hydroxylation is 2. The fourth-order valence-electron chi connectivity index (χ4n) is 4.92. The third-order valence-electron chi connectivity index (χ3n) is 7.47. The van der Waals surface area contributed by atoms with Crippen LogP contribution in [0.15, 0.2) is 73.7 Å². The van der Waals surface area contributed by atoms with Crippen molar-refractivity contribution < 1.29 is 14.3 Å². The van der Waals surface area contributed by atoms with Gasteiger partial charge in [-0.15, -0.1) is 0 Å². The summed E-state index contributed by atoms with van der Waals surface area (Å²) in [5.74, 6) is 1.40. The highest BCUT2D eigenvalue weighted by Crippen LogP contribution is 2.27. The maximum atomic E-state index is 12.8. The largest absolute Gasteiger partial charge is 0.481 e. The molecule has 226 valence electrons. The van der Waals surface area contributed by atoms with E-state index in [0.29, 0.717) is 43.0 Å². The van der Waals surface area contributed by atoms with E-state index in [1.807, 2.05) is 30.9 Å². The van der Waals surface area contributed by atoms with Crippen molar-refractivity contribution in [2.45, 2.75) is 26.8 Å². The van der Waals surface area contributed by atoms with Crippen LogP contribution in [0.3, 0.4) is 0 Å². The fraction of sp³-hybridized carbons (Fsp3) is 0.273. The average molecular weight is 593 g/mol. The standard InChI is InChI=1S/C33H36N8O3/c1-5-26(42)17-25-16-24(21-40-12-14-41(15-13-40)32(43)28-8-6-7-11-34-28)9-10-27(25)37-31-23(3)20-36-33(39-31)38-29-18-30(44-4)35-19-22(29)2/h5-11,16,18-20H,1,12-15,17,21H2,2-4H3,(H2,35,36,37,38,39). The molecule has 11 nitrogen and oxygen atoms in total. The first-order valence-electron chi connectivity index (χ1n) is 14.4. The number of methoxy groups -OCH3 is 1. The number of pyridine rings is 2. The van der Waals surface area contributed by atoms with E-state index in [0.717, 1.165) is 46.7 Å². The van der Waals surface area contributed by atoms with Gasteiger partial charge in [0, 0.05) is 75.1 Å². The van der Waals surface area contributed by atoms with Gasteiger partial charge in [0.05, 0.1) is 12.8 Å². The lowest BCUT2D eigenvalue weighted by molar-refractivity contribution is -0.114. The Bertz CT molecular complexity index is 1650. The molecule has 0 spiro atoms. The highest BCUT2D eigenvalue weighted by atomic mass is 16.5. The molecule has 1 saturated heterocycles. The first-order valence-corrected chi connectivity index (χ1v) is 14.4. The molecular weight excluding hydrogens is 556 g/mol. The van der Waals surface area contributed by atoms with Gasteiger partial charge in [0.15, 0.2) is 5.78 Å². The molecule has 1 aliphatic heterocycles. The molecule has 0 aliphatic carbocycles. The monoisotopic (exact) mass is 592 g/mol. The predicted octanol–water partition coefficient (Wildman–Crippen LogP) is 4.63. The summed E-state index contributed by atoms with van der Waals surface area (Å²) in [5.41, 5.74) is 5.73. The third kappa shape index (κ3) is 7.42. The van der Waals surface area contributed by atoms with Crippen LogP contribution in [0, 0.1) is 13.8 Å². The van der Waals surface area contributed by atoms with E-state index in [-0.39, 0.29) is 18.1 Å². The Morgan fingerprint density at radius 2 is 1.75 bits per heavy atom. The van der Waals surface area contributed by atoms with Crippen molar-refractivity contribution >= 4 is 34.8 Å². The lowest BCUT2D eigenvalue weighted by Crippen LogP contribution is -2.48. The first-order chi connectivity index (χ1) is 21.3. The summed E-state index contributed by atoms with van der Waals surface area (Å²) in [4.78, 5) is 47.0. The van der Waals surface area contributed by atoms with Gasteiger partial charge in [-0.1, -0.05) is 24.8 Å². The second-order valence-electron chi connectivity index (χ2n) is 10.6. The third-order valence-corrected chi connectivity index (χ3v) is 7.47. The Morgan fingerprint density at radius 3 is 2.48 bits per heavy atom. The molecule has 2 N–H and O–H groups in total. The van der Waals surface area contributed by atoms with Gasteiger partial charge in [-0.3, -0.25) is 19.5 Å². The smallest absolute Gasteiger partial charge is 0.272 e. The van der Waals surface area contributed by atoms with E-state index in [1.54, 1.807) is 43.9 Å². The van der Waals surface area contributed by atoms with E-state index >= 15 is 0 Å². The van der Waals surface area contributed by atoms with Gasteiger partial charge >= 0.3 is 0 Å². The maximum absolute atomic E-state index is 12.8. The van der Waals surface area contributed by atoms with Crippen LogP contribution in [0.4, 0.5) is 23.1 Å².